The number of hydrogen-bond donors (Lipinski definition) is 0. The molecule has 4 rings (SSSR count). The van der Waals surface area contributed by atoms with Crippen LogP contribution in [0.15, 0.2) is 110 Å². The van der Waals surface area contributed by atoms with Crippen molar-refractivity contribution in [2.75, 3.05) is 0 Å². The summed E-state index contributed by atoms with van der Waals surface area (Å²) in [5.41, 5.74) is 15.9. The Morgan fingerprint density at radius 2 is 1.06 bits per heavy atom. The Kier molecular flexibility index (Phi) is 27.5. The first-order valence-electron chi connectivity index (χ1n) is 25.4. The van der Waals surface area contributed by atoms with Gasteiger partial charge in [0, 0.05) is 5.56 Å². The lowest BCUT2D eigenvalue weighted by Crippen LogP contribution is -2.19. The summed E-state index contributed by atoms with van der Waals surface area (Å²) in [6, 6.07) is 26.2. The van der Waals surface area contributed by atoms with Gasteiger partial charge in [0.25, 0.3) is 0 Å². The fraction of sp³-hybridized carbons (Fsp3) is 0.500. The predicted octanol–water partition coefficient (Wildman–Crippen LogP) is 19.4. The Hall–Kier alpha value is -4.30. The third-order valence-corrected chi connectivity index (χ3v) is 12.9. The number of aryl methyl sites for hydroxylation is 4. The zero-order valence-electron chi connectivity index (χ0n) is 42.3. The van der Waals surface area contributed by atoms with Gasteiger partial charge >= 0.3 is 0 Å². The Labute approximate surface area is 393 Å². The second-order valence-electron chi connectivity index (χ2n) is 18.7. The van der Waals surface area contributed by atoms with Gasteiger partial charge in [0.05, 0.1) is 0 Å². The van der Waals surface area contributed by atoms with Crippen LogP contribution in [0.3, 0.4) is 0 Å². The highest BCUT2D eigenvalue weighted by atomic mass is 19.1. The highest BCUT2D eigenvalue weighted by Gasteiger charge is 2.25. The van der Waals surface area contributed by atoms with E-state index in [9.17, 15) is 4.79 Å². The predicted molar refractivity (Wildman–Crippen MR) is 283 cm³/mol. The molecule has 0 saturated carbocycles. The molecule has 0 aromatic heterocycles. The van der Waals surface area contributed by atoms with Gasteiger partial charge in [-0.1, -0.05) is 178 Å². The molecule has 2 heteroatoms. The molecule has 0 aliphatic rings. The Bertz CT molecular complexity index is 1970. The van der Waals surface area contributed by atoms with Crippen molar-refractivity contribution in [2.45, 2.75) is 197 Å². The lowest BCUT2D eigenvalue weighted by molar-refractivity contribution is -0.104. The van der Waals surface area contributed by atoms with E-state index in [0.717, 1.165) is 55.1 Å². The van der Waals surface area contributed by atoms with Crippen molar-refractivity contribution in [2.24, 2.45) is 5.41 Å². The molecule has 0 bridgehead atoms. The highest BCUT2D eigenvalue weighted by Crippen LogP contribution is 2.40. The minimum Gasteiger partial charge on any atom is -0.298 e. The third-order valence-electron chi connectivity index (χ3n) is 12.9. The number of carbonyl (C=O) groups is 1. The van der Waals surface area contributed by atoms with Crippen LogP contribution in [0.1, 0.15) is 193 Å². The molecule has 4 aromatic carbocycles. The van der Waals surface area contributed by atoms with Crippen LogP contribution in [-0.4, -0.2) is 6.29 Å². The van der Waals surface area contributed by atoms with E-state index < -0.39 is 0 Å². The standard InChI is InChI=1S/C54H75F.C4H6O.C4H8/c1-8-15-19-22-26-47-40-49(39-46(25-21-17-10-3)50(47)27-23-37-54(13-6,14-7)36-18-11-4)51-34-33-48(38-43(51)12-5)52-35-32-45(41-53(52)55)44-30-28-42(29-31-44)24-20-16-9-2;1-4(2)3-5;1-4(2)3/h8,28-35,38-41H,1,9-27,36-37H2,2-7H3;3H,1H2,2H3;1H2,2-3H3. The SMILES string of the molecule is C=C(C)C.C=C(C)C=O.C=CCCCCc1cc(-c2ccc(-c3ccc(-c4ccc(CCCCC)cc4)cc3F)cc2CC)cc(CCCCC)c1CCCC(CC)(CC)CCCC. The van der Waals surface area contributed by atoms with Crippen LogP contribution in [0, 0.1) is 11.2 Å². The molecule has 0 aliphatic heterocycles. The van der Waals surface area contributed by atoms with E-state index in [1.54, 1.807) is 29.7 Å². The summed E-state index contributed by atoms with van der Waals surface area (Å²) in [4.78, 5) is 9.41. The molecule has 0 amide bonds. The maximum atomic E-state index is 15.9. The van der Waals surface area contributed by atoms with Crippen LogP contribution in [0.5, 0.6) is 0 Å². The zero-order valence-corrected chi connectivity index (χ0v) is 42.3. The Morgan fingerprint density at radius 3 is 1.58 bits per heavy atom. The summed E-state index contributed by atoms with van der Waals surface area (Å²) in [5.74, 6) is -0.159. The molecular weight excluding hydrogens is 780 g/mol. The first-order chi connectivity index (χ1) is 30.8. The molecule has 350 valence electrons. The summed E-state index contributed by atoms with van der Waals surface area (Å²) >= 11 is 0. The highest BCUT2D eigenvalue weighted by molar-refractivity contribution is 5.77. The van der Waals surface area contributed by atoms with Crippen molar-refractivity contribution < 1.29 is 9.18 Å². The summed E-state index contributed by atoms with van der Waals surface area (Å²) < 4.78 is 15.9. The average Bonchev–Trinajstić information content (AvgIpc) is 3.29. The summed E-state index contributed by atoms with van der Waals surface area (Å²) in [6.07, 6.45) is 28.4. The normalized spacial score (nSPS) is 11.0. The molecule has 0 saturated heterocycles. The molecule has 0 spiro atoms. The van der Waals surface area contributed by atoms with E-state index in [4.69, 9.17) is 0 Å². The second-order valence-corrected chi connectivity index (χ2v) is 18.7. The first kappa shape index (κ1) is 55.8. The number of benzene rings is 4. The minimum atomic E-state index is -0.159. The molecule has 0 heterocycles. The van der Waals surface area contributed by atoms with Gasteiger partial charge in [-0.05, 0) is 177 Å². The van der Waals surface area contributed by atoms with E-state index in [-0.39, 0.29) is 5.82 Å². The van der Waals surface area contributed by atoms with Gasteiger partial charge in [0.2, 0.25) is 0 Å². The van der Waals surface area contributed by atoms with Crippen molar-refractivity contribution in [3.05, 3.63) is 143 Å². The molecule has 1 nitrogen and oxygen atoms in total. The maximum absolute atomic E-state index is 15.9. The maximum Gasteiger partial charge on any atom is 0.145 e. The van der Waals surface area contributed by atoms with Crippen LogP contribution in [0.4, 0.5) is 4.39 Å². The van der Waals surface area contributed by atoms with Gasteiger partial charge < -0.3 is 0 Å². The molecule has 0 radical (unpaired) electrons. The number of rotatable bonds is 27. The monoisotopic (exact) mass is 869 g/mol. The number of allylic oxidation sites excluding steroid dienone is 3. The molecule has 0 unspecified atom stereocenters. The topological polar surface area (TPSA) is 17.1 Å². The molecule has 4 aromatic rings. The average molecular weight is 869 g/mol. The van der Waals surface area contributed by atoms with E-state index in [2.05, 4.69) is 128 Å². The van der Waals surface area contributed by atoms with Crippen LogP contribution < -0.4 is 0 Å². The van der Waals surface area contributed by atoms with Gasteiger partial charge in [-0.2, -0.15) is 0 Å². The van der Waals surface area contributed by atoms with Gasteiger partial charge in [-0.25, -0.2) is 4.39 Å². The lowest BCUT2D eigenvalue weighted by Gasteiger charge is -2.32. The van der Waals surface area contributed by atoms with Crippen molar-refractivity contribution in [3.63, 3.8) is 0 Å². The molecule has 0 atom stereocenters. The fourth-order valence-corrected chi connectivity index (χ4v) is 8.87. The number of halogens is 1. The quantitative estimate of drug-likeness (QED) is 0.0253. The lowest BCUT2D eigenvalue weighted by atomic mass is 9.73. The molecule has 0 fully saturated rings. The fourth-order valence-electron chi connectivity index (χ4n) is 8.87. The van der Waals surface area contributed by atoms with Crippen molar-refractivity contribution in [1.29, 1.82) is 0 Å². The third kappa shape index (κ3) is 19.4. The summed E-state index contributed by atoms with van der Waals surface area (Å²) in [6.45, 7) is 30.4. The van der Waals surface area contributed by atoms with Crippen molar-refractivity contribution in [3.8, 4) is 33.4 Å². The second kappa shape index (κ2) is 31.6. The number of unbranched alkanes of at least 4 members (excludes halogenated alkanes) is 7. The van der Waals surface area contributed by atoms with E-state index in [1.165, 1.54) is 131 Å². The molecule has 0 N–H and O–H groups in total. The van der Waals surface area contributed by atoms with Crippen LogP contribution in [0.2, 0.25) is 0 Å². The zero-order chi connectivity index (χ0) is 47.3. The Morgan fingerprint density at radius 1 is 0.562 bits per heavy atom. The van der Waals surface area contributed by atoms with Gasteiger partial charge in [-0.15, -0.1) is 13.2 Å². The van der Waals surface area contributed by atoms with Crippen molar-refractivity contribution in [1.82, 2.24) is 0 Å². The van der Waals surface area contributed by atoms with E-state index >= 15 is 4.39 Å². The van der Waals surface area contributed by atoms with Crippen molar-refractivity contribution >= 4 is 6.29 Å². The van der Waals surface area contributed by atoms with Gasteiger partial charge in [-0.3, -0.25) is 4.79 Å². The first-order valence-corrected chi connectivity index (χ1v) is 25.4. The van der Waals surface area contributed by atoms with Crippen LogP contribution >= 0.6 is 0 Å². The van der Waals surface area contributed by atoms with Crippen LogP contribution in [0.25, 0.3) is 33.4 Å². The Balaban J connectivity index is 0.00000142. The largest absolute Gasteiger partial charge is 0.298 e. The summed E-state index contributed by atoms with van der Waals surface area (Å²) in [7, 11) is 0. The number of carbonyl (C=O) groups excluding carboxylic acids is 1. The summed E-state index contributed by atoms with van der Waals surface area (Å²) in [5, 5.41) is 0. The molecular formula is C62H89FO. The van der Waals surface area contributed by atoms with Gasteiger partial charge in [0.1, 0.15) is 12.1 Å². The van der Waals surface area contributed by atoms with Crippen LogP contribution in [-0.2, 0) is 36.9 Å². The minimum absolute atomic E-state index is 0.159. The number of hydrogen-bond acceptors (Lipinski definition) is 1. The van der Waals surface area contributed by atoms with Gasteiger partial charge in [0.15, 0.2) is 0 Å². The smallest absolute Gasteiger partial charge is 0.145 e. The van der Waals surface area contributed by atoms with E-state index in [0.29, 0.717) is 16.6 Å². The molecule has 64 heavy (non-hydrogen) atoms. The van der Waals surface area contributed by atoms with E-state index in [1.807, 2.05) is 19.9 Å². The molecule has 0 aliphatic carbocycles. The number of aldehydes is 1.